The highest BCUT2D eigenvalue weighted by Gasteiger charge is 2.22. The zero-order valence-electron chi connectivity index (χ0n) is 14.3. The maximum Gasteiger partial charge on any atom is 0.257 e. The maximum absolute atomic E-state index is 12.5. The molecule has 0 radical (unpaired) electrons. The van der Waals surface area contributed by atoms with Crippen LogP contribution in [0.1, 0.15) is 29.3 Å². The van der Waals surface area contributed by atoms with E-state index in [-0.39, 0.29) is 11.8 Å². The normalized spacial score (nSPS) is 13.6. The summed E-state index contributed by atoms with van der Waals surface area (Å²) in [5.74, 6) is 0.441. The molecule has 0 saturated heterocycles. The Morgan fingerprint density at radius 3 is 2.76 bits per heavy atom. The van der Waals surface area contributed by atoms with Crippen LogP contribution in [0.4, 0.5) is 5.69 Å². The van der Waals surface area contributed by atoms with E-state index in [9.17, 15) is 9.59 Å². The molecule has 5 heteroatoms. The van der Waals surface area contributed by atoms with Crippen LogP contribution in [-0.2, 0) is 11.2 Å². The zero-order chi connectivity index (χ0) is 17.6. The number of ether oxygens (including phenoxy) is 1. The third kappa shape index (κ3) is 4.18. The van der Waals surface area contributed by atoms with Gasteiger partial charge in [0.15, 0.2) is 0 Å². The summed E-state index contributed by atoms with van der Waals surface area (Å²) in [5, 5.41) is 2.87. The first-order chi connectivity index (χ1) is 12.2. The van der Waals surface area contributed by atoms with Crippen molar-refractivity contribution in [3.63, 3.8) is 0 Å². The lowest BCUT2D eigenvalue weighted by atomic mass is 10.1. The molecule has 0 spiro atoms. The molecule has 1 heterocycles. The van der Waals surface area contributed by atoms with Crippen LogP contribution in [0.2, 0.25) is 0 Å². The summed E-state index contributed by atoms with van der Waals surface area (Å²) in [6.07, 6.45) is 1.08. The largest absolute Gasteiger partial charge is 0.491 e. The molecule has 0 aliphatic carbocycles. The molecule has 0 saturated carbocycles. The Balaban J connectivity index is 1.67. The van der Waals surface area contributed by atoms with Crippen molar-refractivity contribution in [2.45, 2.75) is 19.8 Å². The summed E-state index contributed by atoms with van der Waals surface area (Å²) in [7, 11) is 0. The van der Waals surface area contributed by atoms with Crippen LogP contribution in [0.15, 0.2) is 48.5 Å². The number of carbonyl (C=O) groups is 2. The average Bonchev–Trinajstić information content (AvgIpc) is 2.80. The minimum atomic E-state index is -0.0712. The van der Waals surface area contributed by atoms with Crippen molar-refractivity contribution in [3.05, 3.63) is 59.7 Å². The van der Waals surface area contributed by atoms with Gasteiger partial charge in [-0.15, -0.1) is 0 Å². The lowest BCUT2D eigenvalue weighted by Gasteiger charge is -2.17. The Morgan fingerprint density at radius 1 is 1.20 bits per heavy atom. The van der Waals surface area contributed by atoms with Gasteiger partial charge < -0.3 is 15.0 Å². The number of rotatable bonds is 5. The van der Waals surface area contributed by atoms with Gasteiger partial charge in [0.2, 0.25) is 5.91 Å². The van der Waals surface area contributed by atoms with Crippen molar-refractivity contribution in [1.82, 2.24) is 4.90 Å². The van der Waals surface area contributed by atoms with Crippen LogP contribution in [0.3, 0.4) is 0 Å². The molecular weight excluding hydrogens is 316 g/mol. The number of amides is 2. The second-order valence-corrected chi connectivity index (χ2v) is 5.98. The monoisotopic (exact) mass is 338 g/mol. The standard InChI is InChI=1S/C20H22N2O3/c1-2-22-12-13-25-18-10-9-16(14-17(18)20(22)24)21-19(23)11-8-15-6-4-3-5-7-15/h3-7,9-10,14H,2,8,11-13H2,1H3,(H,21,23). The lowest BCUT2D eigenvalue weighted by Crippen LogP contribution is -2.32. The zero-order valence-corrected chi connectivity index (χ0v) is 14.3. The van der Waals surface area contributed by atoms with Crippen molar-refractivity contribution in [1.29, 1.82) is 0 Å². The van der Waals surface area contributed by atoms with Gasteiger partial charge in [0.1, 0.15) is 12.4 Å². The van der Waals surface area contributed by atoms with Crippen LogP contribution < -0.4 is 10.1 Å². The Morgan fingerprint density at radius 2 is 2.00 bits per heavy atom. The molecule has 2 aromatic rings. The second kappa shape index (κ2) is 7.83. The number of carbonyl (C=O) groups excluding carboxylic acids is 2. The molecule has 2 aromatic carbocycles. The van der Waals surface area contributed by atoms with E-state index in [1.54, 1.807) is 23.1 Å². The number of fused-ring (bicyclic) bond motifs is 1. The average molecular weight is 338 g/mol. The Bertz CT molecular complexity index is 759. The first-order valence-electron chi connectivity index (χ1n) is 8.57. The van der Waals surface area contributed by atoms with E-state index in [2.05, 4.69) is 5.32 Å². The Labute approximate surface area is 147 Å². The molecule has 0 unspecified atom stereocenters. The molecule has 0 bridgehead atoms. The first kappa shape index (κ1) is 17.0. The molecule has 0 fully saturated rings. The van der Waals surface area contributed by atoms with Gasteiger partial charge in [-0.25, -0.2) is 0 Å². The number of hydrogen-bond acceptors (Lipinski definition) is 3. The number of hydrogen-bond donors (Lipinski definition) is 1. The number of nitrogens with one attached hydrogen (secondary N) is 1. The van der Waals surface area contributed by atoms with Gasteiger partial charge in [-0.1, -0.05) is 30.3 Å². The van der Waals surface area contributed by atoms with Gasteiger partial charge in [0, 0.05) is 18.7 Å². The van der Waals surface area contributed by atoms with E-state index in [0.717, 1.165) is 5.56 Å². The minimum absolute atomic E-state index is 0.0598. The van der Waals surface area contributed by atoms with E-state index in [1.165, 1.54) is 0 Å². The van der Waals surface area contributed by atoms with Crippen molar-refractivity contribution < 1.29 is 14.3 Å². The van der Waals surface area contributed by atoms with Crippen LogP contribution in [0, 0.1) is 0 Å². The highest BCUT2D eigenvalue weighted by Crippen LogP contribution is 2.26. The van der Waals surface area contributed by atoms with Crippen LogP contribution in [0.5, 0.6) is 5.75 Å². The van der Waals surface area contributed by atoms with Gasteiger partial charge in [-0.3, -0.25) is 9.59 Å². The SMILES string of the molecule is CCN1CCOc2ccc(NC(=O)CCc3ccccc3)cc2C1=O. The predicted molar refractivity (Wildman–Crippen MR) is 96.9 cm³/mol. The first-order valence-corrected chi connectivity index (χ1v) is 8.57. The molecule has 2 amide bonds. The van der Waals surface area contributed by atoms with Gasteiger partial charge in [0.25, 0.3) is 5.91 Å². The van der Waals surface area contributed by atoms with Crippen molar-refractivity contribution in [3.8, 4) is 5.75 Å². The van der Waals surface area contributed by atoms with Gasteiger partial charge in [-0.2, -0.15) is 0 Å². The predicted octanol–water partition coefficient (Wildman–Crippen LogP) is 3.11. The van der Waals surface area contributed by atoms with Crippen molar-refractivity contribution in [2.75, 3.05) is 25.0 Å². The molecule has 1 aliphatic heterocycles. The number of benzene rings is 2. The van der Waals surface area contributed by atoms with E-state index in [4.69, 9.17) is 4.74 Å². The molecule has 1 N–H and O–H groups in total. The molecule has 25 heavy (non-hydrogen) atoms. The second-order valence-electron chi connectivity index (χ2n) is 5.98. The highest BCUT2D eigenvalue weighted by atomic mass is 16.5. The summed E-state index contributed by atoms with van der Waals surface area (Å²) in [6.45, 7) is 3.63. The molecule has 5 nitrogen and oxygen atoms in total. The Kier molecular flexibility index (Phi) is 5.33. The molecule has 1 aliphatic rings. The van der Waals surface area contributed by atoms with Crippen LogP contribution in [0.25, 0.3) is 0 Å². The quantitative estimate of drug-likeness (QED) is 0.911. The van der Waals surface area contributed by atoms with Gasteiger partial charge >= 0.3 is 0 Å². The van der Waals surface area contributed by atoms with E-state index in [0.29, 0.717) is 49.5 Å². The topological polar surface area (TPSA) is 58.6 Å². The molecule has 0 atom stereocenters. The van der Waals surface area contributed by atoms with Crippen LogP contribution in [-0.4, -0.2) is 36.4 Å². The number of anilines is 1. The third-order valence-electron chi connectivity index (χ3n) is 4.26. The molecule has 0 aromatic heterocycles. The third-order valence-corrected chi connectivity index (χ3v) is 4.26. The minimum Gasteiger partial charge on any atom is -0.491 e. The molecular formula is C20H22N2O3. The summed E-state index contributed by atoms with van der Waals surface area (Å²) >= 11 is 0. The fourth-order valence-corrected chi connectivity index (χ4v) is 2.87. The summed E-state index contributed by atoms with van der Waals surface area (Å²) in [4.78, 5) is 26.5. The molecule has 3 rings (SSSR count). The summed E-state index contributed by atoms with van der Waals surface area (Å²) < 4.78 is 5.64. The maximum atomic E-state index is 12.5. The number of aryl methyl sites for hydroxylation is 1. The van der Waals surface area contributed by atoms with Crippen molar-refractivity contribution >= 4 is 17.5 Å². The van der Waals surface area contributed by atoms with Crippen molar-refractivity contribution in [2.24, 2.45) is 0 Å². The Hall–Kier alpha value is -2.82. The van der Waals surface area contributed by atoms with Gasteiger partial charge in [0.05, 0.1) is 12.1 Å². The van der Waals surface area contributed by atoms with Crippen LogP contribution >= 0.6 is 0 Å². The van der Waals surface area contributed by atoms with E-state index >= 15 is 0 Å². The van der Waals surface area contributed by atoms with E-state index in [1.807, 2.05) is 37.3 Å². The number of nitrogens with zero attached hydrogens (tertiary/aromatic N) is 1. The smallest absolute Gasteiger partial charge is 0.257 e. The fraction of sp³-hybridized carbons (Fsp3) is 0.300. The van der Waals surface area contributed by atoms with E-state index < -0.39 is 0 Å². The summed E-state index contributed by atoms with van der Waals surface area (Å²) in [5.41, 5.74) is 2.24. The highest BCUT2D eigenvalue weighted by molar-refractivity contribution is 5.99. The number of likely N-dealkylation sites (N-methyl/N-ethyl adjacent to an activating group) is 1. The lowest BCUT2D eigenvalue weighted by molar-refractivity contribution is -0.116. The van der Waals surface area contributed by atoms with Gasteiger partial charge in [-0.05, 0) is 37.1 Å². The summed E-state index contributed by atoms with van der Waals surface area (Å²) in [6, 6.07) is 15.1. The fourth-order valence-electron chi connectivity index (χ4n) is 2.87. The molecule has 130 valence electrons.